The van der Waals surface area contributed by atoms with E-state index in [1.165, 1.54) is 17.3 Å². The Balaban J connectivity index is 1.90. The predicted octanol–water partition coefficient (Wildman–Crippen LogP) is 3.11. The zero-order valence-electron chi connectivity index (χ0n) is 10.7. The van der Waals surface area contributed by atoms with E-state index in [9.17, 15) is 4.79 Å². The van der Waals surface area contributed by atoms with Gasteiger partial charge in [-0.2, -0.15) is 0 Å². The molecule has 20 heavy (non-hydrogen) atoms. The molecule has 1 aliphatic rings. The van der Waals surface area contributed by atoms with Crippen LogP contribution in [0, 0.1) is 0 Å². The Morgan fingerprint density at radius 1 is 1.30 bits per heavy atom. The van der Waals surface area contributed by atoms with E-state index in [2.05, 4.69) is 44.0 Å². The summed E-state index contributed by atoms with van der Waals surface area (Å²) in [7, 11) is 0. The molecule has 0 aliphatic carbocycles. The lowest BCUT2D eigenvalue weighted by molar-refractivity contribution is 0.0696. The van der Waals surface area contributed by atoms with Gasteiger partial charge in [0.1, 0.15) is 5.82 Å². The Labute approximate surface area is 125 Å². The standard InChI is InChI=1S/C15H13BrN2O2/c16-13-7-12(15(19)20)8-17-14(13)18-6-5-10-3-1-2-4-11(10)9-18/h1-4,7-8H,5-6,9H2,(H,19,20). The number of carboxylic acid groups (broad SMARTS) is 1. The molecule has 3 rings (SSSR count). The molecular weight excluding hydrogens is 320 g/mol. The molecule has 1 N–H and O–H groups in total. The van der Waals surface area contributed by atoms with Gasteiger partial charge in [-0.15, -0.1) is 0 Å². The van der Waals surface area contributed by atoms with Crippen molar-refractivity contribution in [1.29, 1.82) is 0 Å². The minimum absolute atomic E-state index is 0.193. The molecule has 0 saturated heterocycles. The van der Waals surface area contributed by atoms with Gasteiger partial charge in [-0.05, 0) is 39.5 Å². The zero-order valence-corrected chi connectivity index (χ0v) is 12.3. The fourth-order valence-corrected chi connectivity index (χ4v) is 3.06. The maximum Gasteiger partial charge on any atom is 0.337 e. The molecule has 1 aromatic carbocycles. The van der Waals surface area contributed by atoms with E-state index in [0.717, 1.165) is 29.8 Å². The largest absolute Gasteiger partial charge is 0.478 e. The van der Waals surface area contributed by atoms with Gasteiger partial charge in [-0.25, -0.2) is 9.78 Å². The molecule has 0 atom stereocenters. The summed E-state index contributed by atoms with van der Waals surface area (Å²) in [6, 6.07) is 9.98. The lowest BCUT2D eigenvalue weighted by atomic mass is 10.00. The highest BCUT2D eigenvalue weighted by atomic mass is 79.9. The average molecular weight is 333 g/mol. The summed E-state index contributed by atoms with van der Waals surface area (Å²) in [5.74, 6) is -0.168. The highest BCUT2D eigenvalue weighted by molar-refractivity contribution is 9.10. The van der Waals surface area contributed by atoms with Crippen LogP contribution in [-0.2, 0) is 13.0 Å². The normalized spacial score (nSPS) is 13.9. The van der Waals surface area contributed by atoms with Crippen molar-refractivity contribution in [2.45, 2.75) is 13.0 Å². The van der Waals surface area contributed by atoms with E-state index < -0.39 is 5.97 Å². The van der Waals surface area contributed by atoms with Crippen molar-refractivity contribution in [2.75, 3.05) is 11.4 Å². The number of halogens is 1. The third-order valence-corrected chi connectivity index (χ3v) is 4.08. The molecule has 0 bridgehead atoms. The van der Waals surface area contributed by atoms with Crippen molar-refractivity contribution in [3.8, 4) is 0 Å². The maximum absolute atomic E-state index is 10.9. The number of benzene rings is 1. The lowest BCUT2D eigenvalue weighted by Gasteiger charge is -2.30. The number of rotatable bonds is 2. The van der Waals surface area contributed by atoms with Crippen molar-refractivity contribution in [2.24, 2.45) is 0 Å². The van der Waals surface area contributed by atoms with Crippen molar-refractivity contribution in [3.05, 3.63) is 57.7 Å². The number of carbonyl (C=O) groups is 1. The van der Waals surface area contributed by atoms with Gasteiger partial charge in [0.2, 0.25) is 0 Å². The number of aromatic carboxylic acids is 1. The number of hydrogen-bond donors (Lipinski definition) is 1. The number of pyridine rings is 1. The number of aromatic nitrogens is 1. The second-order valence-electron chi connectivity index (χ2n) is 4.77. The first kappa shape index (κ1) is 13.1. The van der Waals surface area contributed by atoms with Gasteiger partial charge in [-0.1, -0.05) is 24.3 Å². The second-order valence-corrected chi connectivity index (χ2v) is 5.63. The third-order valence-electron chi connectivity index (χ3n) is 3.50. The molecule has 0 fully saturated rings. The molecule has 5 heteroatoms. The van der Waals surface area contributed by atoms with Crippen LogP contribution < -0.4 is 4.90 Å². The summed E-state index contributed by atoms with van der Waals surface area (Å²) in [5, 5.41) is 8.97. The summed E-state index contributed by atoms with van der Waals surface area (Å²) in [6.45, 7) is 1.68. The molecule has 102 valence electrons. The van der Waals surface area contributed by atoms with Gasteiger partial charge < -0.3 is 10.0 Å². The molecule has 0 spiro atoms. The molecule has 0 radical (unpaired) electrons. The SMILES string of the molecule is O=C(O)c1cnc(N2CCc3ccccc3C2)c(Br)c1. The Hall–Kier alpha value is -1.88. The minimum Gasteiger partial charge on any atom is -0.478 e. The van der Waals surface area contributed by atoms with Crippen LogP contribution in [-0.4, -0.2) is 22.6 Å². The molecule has 2 heterocycles. The molecule has 1 aromatic heterocycles. The Kier molecular flexibility index (Phi) is 3.44. The Morgan fingerprint density at radius 3 is 2.75 bits per heavy atom. The van der Waals surface area contributed by atoms with E-state index in [1.807, 2.05) is 6.07 Å². The summed E-state index contributed by atoms with van der Waals surface area (Å²) in [5.41, 5.74) is 2.87. The van der Waals surface area contributed by atoms with Crippen LogP contribution in [0.3, 0.4) is 0 Å². The van der Waals surface area contributed by atoms with Gasteiger partial charge in [0.25, 0.3) is 0 Å². The fraction of sp³-hybridized carbons (Fsp3) is 0.200. The van der Waals surface area contributed by atoms with Crippen LogP contribution in [0.25, 0.3) is 0 Å². The van der Waals surface area contributed by atoms with Gasteiger partial charge in [0, 0.05) is 19.3 Å². The van der Waals surface area contributed by atoms with Crippen LogP contribution in [0.2, 0.25) is 0 Å². The van der Waals surface area contributed by atoms with Crippen LogP contribution in [0.1, 0.15) is 21.5 Å². The second kappa shape index (κ2) is 5.25. The number of fused-ring (bicyclic) bond motifs is 1. The minimum atomic E-state index is -0.964. The number of nitrogens with zero attached hydrogens (tertiary/aromatic N) is 2. The van der Waals surface area contributed by atoms with Crippen molar-refractivity contribution in [1.82, 2.24) is 4.98 Å². The van der Waals surface area contributed by atoms with E-state index in [-0.39, 0.29) is 5.56 Å². The molecule has 4 nitrogen and oxygen atoms in total. The topological polar surface area (TPSA) is 53.4 Å². The van der Waals surface area contributed by atoms with Crippen LogP contribution in [0.4, 0.5) is 5.82 Å². The quantitative estimate of drug-likeness (QED) is 0.918. The average Bonchev–Trinajstić information content (AvgIpc) is 2.46. The van der Waals surface area contributed by atoms with E-state index >= 15 is 0 Å². The highest BCUT2D eigenvalue weighted by Gasteiger charge is 2.19. The van der Waals surface area contributed by atoms with Crippen LogP contribution in [0.5, 0.6) is 0 Å². The Bertz CT molecular complexity index is 673. The maximum atomic E-state index is 10.9. The van der Waals surface area contributed by atoms with Gasteiger partial charge in [0.15, 0.2) is 0 Å². The third kappa shape index (κ3) is 2.41. The van der Waals surface area contributed by atoms with Crippen molar-refractivity contribution >= 4 is 27.7 Å². The number of hydrogen-bond acceptors (Lipinski definition) is 3. The highest BCUT2D eigenvalue weighted by Crippen LogP contribution is 2.29. The molecular formula is C15H13BrN2O2. The monoisotopic (exact) mass is 332 g/mol. The fourth-order valence-electron chi connectivity index (χ4n) is 2.46. The summed E-state index contributed by atoms with van der Waals surface area (Å²) in [6.07, 6.45) is 2.38. The van der Waals surface area contributed by atoms with Gasteiger partial charge in [0.05, 0.1) is 10.0 Å². The molecule has 0 amide bonds. The first-order chi connectivity index (χ1) is 9.65. The lowest BCUT2D eigenvalue weighted by Crippen LogP contribution is -2.31. The summed E-state index contributed by atoms with van der Waals surface area (Å²) in [4.78, 5) is 17.4. The molecule has 0 unspecified atom stereocenters. The Morgan fingerprint density at radius 2 is 2.05 bits per heavy atom. The molecule has 1 aliphatic heterocycles. The van der Waals surface area contributed by atoms with Crippen LogP contribution in [0.15, 0.2) is 41.0 Å². The predicted molar refractivity (Wildman–Crippen MR) is 80.1 cm³/mol. The molecule has 0 saturated carbocycles. The van der Waals surface area contributed by atoms with Crippen molar-refractivity contribution in [3.63, 3.8) is 0 Å². The van der Waals surface area contributed by atoms with E-state index in [4.69, 9.17) is 5.11 Å². The summed E-state index contributed by atoms with van der Waals surface area (Å²) < 4.78 is 0.719. The van der Waals surface area contributed by atoms with Gasteiger partial charge in [-0.3, -0.25) is 0 Å². The van der Waals surface area contributed by atoms with Gasteiger partial charge >= 0.3 is 5.97 Å². The number of carboxylic acids is 1. The van der Waals surface area contributed by atoms with Crippen molar-refractivity contribution < 1.29 is 9.90 Å². The first-order valence-electron chi connectivity index (χ1n) is 6.36. The van der Waals surface area contributed by atoms with E-state index in [0.29, 0.717) is 0 Å². The van der Waals surface area contributed by atoms with E-state index in [1.54, 1.807) is 6.07 Å². The number of anilines is 1. The van der Waals surface area contributed by atoms with Crippen LogP contribution >= 0.6 is 15.9 Å². The summed E-state index contributed by atoms with van der Waals surface area (Å²) >= 11 is 3.42. The zero-order chi connectivity index (χ0) is 14.1. The first-order valence-corrected chi connectivity index (χ1v) is 7.15. The smallest absolute Gasteiger partial charge is 0.337 e. The molecule has 2 aromatic rings.